The Kier molecular flexibility index (Phi) is 7.89. The van der Waals surface area contributed by atoms with E-state index in [1.165, 1.54) is 17.7 Å². The second kappa shape index (κ2) is 12.0. The molecule has 6 rings (SSSR count). The van der Waals surface area contributed by atoms with Crippen LogP contribution in [-0.2, 0) is 6.54 Å². The van der Waals surface area contributed by atoms with Gasteiger partial charge in [0.25, 0.3) is 11.8 Å². The fourth-order valence-corrected chi connectivity index (χ4v) is 5.73. The summed E-state index contributed by atoms with van der Waals surface area (Å²) >= 11 is 0. The van der Waals surface area contributed by atoms with Crippen LogP contribution in [0.1, 0.15) is 44.9 Å². The van der Waals surface area contributed by atoms with Crippen LogP contribution in [-0.4, -0.2) is 66.9 Å². The lowest BCUT2D eigenvalue weighted by Gasteiger charge is -2.36. The number of carbonyl (C=O) groups excluding carboxylic acids is 2. The summed E-state index contributed by atoms with van der Waals surface area (Å²) in [6, 6.07) is 23.3. The van der Waals surface area contributed by atoms with E-state index in [4.69, 9.17) is 9.68 Å². The molecule has 0 atom stereocenters. The number of nitrogens with one attached hydrogen (secondary N) is 1. The molecule has 1 aromatic heterocycles. The number of halogens is 1. The smallest absolute Gasteiger partial charge is 0.287 e. The molecule has 0 aliphatic carbocycles. The minimum Gasteiger partial charge on any atom is -0.451 e. The molecule has 0 bridgehead atoms. The van der Waals surface area contributed by atoms with Crippen LogP contribution >= 0.6 is 0 Å². The second-order valence-electron chi connectivity index (χ2n) is 11.0. The molecule has 4 aromatic rings. The molecule has 3 heterocycles. The molecule has 42 heavy (non-hydrogen) atoms. The molecule has 8 nitrogen and oxygen atoms in total. The van der Waals surface area contributed by atoms with Crippen LogP contribution in [0.25, 0.3) is 11.0 Å². The number of carbonyl (C=O) groups is 2. The molecule has 1 N–H and O–H groups in total. The highest BCUT2D eigenvalue weighted by Crippen LogP contribution is 2.24. The quantitative estimate of drug-likeness (QED) is 0.361. The van der Waals surface area contributed by atoms with Crippen molar-refractivity contribution in [3.05, 3.63) is 101 Å². The average Bonchev–Trinajstić information content (AvgIpc) is 3.46. The fraction of sp³-hybridized carbons (Fsp3) is 0.303. The number of hydrogen-bond acceptors (Lipinski definition) is 6. The first-order valence-corrected chi connectivity index (χ1v) is 14.3. The zero-order chi connectivity index (χ0) is 29.1. The van der Waals surface area contributed by atoms with Gasteiger partial charge >= 0.3 is 0 Å². The van der Waals surface area contributed by atoms with Crippen LogP contribution in [0, 0.1) is 17.1 Å². The molecule has 2 fully saturated rings. The topological polar surface area (TPSA) is 92.8 Å². The van der Waals surface area contributed by atoms with E-state index in [9.17, 15) is 14.0 Å². The summed E-state index contributed by atoms with van der Waals surface area (Å²) in [5, 5.41) is 12.8. The predicted molar refractivity (Wildman–Crippen MR) is 158 cm³/mol. The van der Waals surface area contributed by atoms with Crippen molar-refractivity contribution < 1.29 is 18.4 Å². The molecule has 0 saturated carbocycles. The van der Waals surface area contributed by atoms with Gasteiger partial charge < -0.3 is 19.5 Å². The lowest BCUT2D eigenvalue weighted by atomic mass is 10.0. The molecule has 2 amide bonds. The summed E-state index contributed by atoms with van der Waals surface area (Å²) in [4.78, 5) is 32.6. The summed E-state index contributed by atoms with van der Waals surface area (Å²) in [5.74, 6) is -0.333. The third-order valence-electron chi connectivity index (χ3n) is 8.16. The van der Waals surface area contributed by atoms with Crippen molar-refractivity contribution >= 4 is 28.5 Å². The normalized spacial score (nSPS) is 16.4. The maximum Gasteiger partial charge on any atom is 0.287 e. The Bertz CT molecular complexity index is 1610. The number of piperidine rings is 1. The first kappa shape index (κ1) is 27.5. The number of rotatable bonds is 6. The van der Waals surface area contributed by atoms with Gasteiger partial charge in [-0.3, -0.25) is 14.5 Å². The van der Waals surface area contributed by atoms with E-state index in [1.807, 2.05) is 29.2 Å². The molecule has 9 heteroatoms. The van der Waals surface area contributed by atoms with Gasteiger partial charge in [0, 0.05) is 68.5 Å². The number of furan rings is 1. The van der Waals surface area contributed by atoms with E-state index in [2.05, 4.69) is 21.2 Å². The van der Waals surface area contributed by atoms with E-state index >= 15 is 0 Å². The third-order valence-corrected chi connectivity index (χ3v) is 8.16. The second-order valence-corrected chi connectivity index (χ2v) is 11.0. The zero-order valence-corrected chi connectivity index (χ0v) is 23.3. The van der Waals surface area contributed by atoms with Crippen LogP contribution in [0.2, 0.25) is 0 Å². The number of fused-ring (bicyclic) bond motifs is 1. The fourth-order valence-electron chi connectivity index (χ4n) is 5.73. The number of nitrogens with zero attached hydrogens (tertiary/aromatic N) is 4. The van der Waals surface area contributed by atoms with Crippen LogP contribution in [0.15, 0.2) is 77.2 Å². The molecular formula is C33H32FN5O3. The number of piperazine rings is 1. The Morgan fingerprint density at radius 1 is 0.905 bits per heavy atom. The van der Waals surface area contributed by atoms with E-state index in [0.29, 0.717) is 48.3 Å². The number of benzene rings is 3. The number of likely N-dealkylation sites (tertiary alicyclic amines) is 1. The van der Waals surface area contributed by atoms with Crippen molar-refractivity contribution in [2.24, 2.45) is 0 Å². The molecule has 2 saturated heterocycles. The first-order valence-electron chi connectivity index (χ1n) is 14.3. The van der Waals surface area contributed by atoms with Gasteiger partial charge in [0.05, 0.1) is 11.6 Å². The Morgan fingerprint density at radius 2 is 1.62 bits per heavy atom. The third kappa shape index (κ3) is 6.14. The van der Waals surface area contributed by atoms with Crippen molar-refractivity contribution in [3.8, 4) is 6.07 Å². The minimum atomic E-state index is -0.263. The van der Waals surface area contributed by atoms with Crippen molar-refractivity contribution in [1.82, 2.24) is 15.1 Å². The number of hydrogen-bond donors (Lipinski definition) is 1. The zero-order valence-electron chi connectivity index (χ0n) is 23.3. The summed E-state index contributed by atoms with van der Waals surface area (Å²) in [6.07, 6.45) is 1.69. The van der Waals surface area contributed by atoms with Gasteiger partial charge in [-0.05, 0) is 79.1 Å². The summed E-state index contributed by atoms with van der Waals surface area (Å²) in [7, 11) is 0. The Labute approximate surface area is 243 Å². The van der Waals surface area contributed by atoms with E-state index < -0.39 is 0 Å². The SMILES string of the molecule is N#Cc1ccc(CN2CCC(NC(=O)c3cc4cc(C(=O)N5CCN(c6ccc(F)cc6)CC5)ccc4o3)CC2)cc1. The van der Waals surface area contributed by atoms with Gasteiger partial charge in [0.15, 0.2) is 5.76 Å². The Morgan fingerprint density at radius 3 is 2.31 bits per heavy atom. The summed E-state index contributed by atoms with van der Waals surface area (Å²) in [5.41, 5.74) is 3.90. The first-order chi connectivity index (χ1) is 20.4. The van der Waals surface area contributed by atoms with E-state index in [1.54, 1.807) is 36.4 Å². The lowest BCUT2D eigenvalue weighted by Crippen LogP contribution is -2.48. The molecular weight excluding hydrogens is 533 g/mol. The van der Waals surface area contributed by atoms with Crippen LogP contribution in [0.4, 0.5) is 10.1 Å². The van der Waals surface area contributed by atoms with Gasteiger partial charge in [-0.15, -0.1) is 0 Å². The summed E-state index contributed by atoms with van der Waals surface area (Å²) < 4.78 is 19.1. The number of anilines is 1. The van der Waals surface area contributed by atoms with E-state index in [-0.39, 0.29) is 29.4 Å². The Balaban J connectivity index is 1.01. The van der Waals surface area contributed by atoms with Gasteiger partial charge in [-0.1, -0.05) is 12.1 Å². The van der Waals surface area contributed by atoms with Crippen molar-refractivity contribution in [3.63, 3.8) is 0 Å². The van der Waals surface area contributed by atoms with Gasteiger partial charge in [0.2, 0.25) is 0 Å². The highest BCUT2D eigenvalue weighted by molar-refractivity contribution is 6.00. The molecule has 3 aromatic carbocycles. The molecule has 2 aliphatic rings. The van der Waals surface area contributed by atoms with Crippen molar-refractivity contribution in [1.29, 1.82) is 5.26 Å². The Hall–Kier alpha value is -4.68. The van der Waals surface area contributed by atoms with Crippen LogP contribution < -0.4 is 10.2 Å². The predicted octanol–water partition coefficient (Wildman–Crippen LogP) is 4.80. The van der Waals surface area contributed by atoms with Crippen LogP contribution in [0.3, 0.4) is 0 Å². The largest absolute Gasteiger partial charge is 0.451 e. The average molecular weight is 566 g/mol. The molecule has 0 unspecified atom stereocenters. The van der Waals surface area contributed by atoms with Crippen LogP contribution in [0.5, 0.6) is 0 Å². The minimum absolute atomic E-state index is 0.0596. The maximum absolute atomic E-state index is 13.3. The van der Waals surface area contributed by atoms with Gasteiger partial charge in [-0.2, -0.15) is 5.26 Å². The monoisotopic (exact) mass is 565 g/mol. The lowest BCUT2D eigenvalue weighted by molar-refractivity contribution is 0.0746. The number of nitriles is 1. The molecule has 0 radical (unpaired) electrons. The molecule has 0 spiro atoms. The van der Waals surface area contributed by atoms with Crippen molar-refractivity contribution in [2.75, 3.05) is 44.2 Å². The highest BCUT2D eigenvalue weighted by Gasteiger charge is 2.25. The molecule has 214 valence electrons. The number of amides is 2. The maximum atomic E-state index is 13.3. The summed E-state index contributed by atoms with van der Waals surface area (Å²) in [6.45, 7) is 5.04. The van der Waals surface area contributed by atoms with Crippen molar-refractivity contribution in [2.45, 2.75) is 25.4 Å². The van der Waals surface area contributed by atoms with Gasteiger partial charge in [0.1, 0.15) is 11.4 Å². The van der Waals surface area contributed by atoms with E-state index in [0.717, 1.165) is 38.2 Å². The molecule has 2 aliphatic heterocycles. The highest BCUT2D eigenvalue weighted by atomic mass is 19.1. The standard InChI is InChI=1S/C33H32FN5O3/c34-27-6-8-29(9-7-27)38-15-17-39(18-16-38)33(41)25-5-10-30-26(19-25)20-31(42-30)32(40)36-28-11-13-37(14-12-28)22-24-3-1-23(21-35)2-4-24/h1-10,19-20,28H,11-18,22H2,(H,36,40). The van der Waals surface area contributed by atoms with Gasteiger partial charge in [-0.25, -0.2) is 4.39 Å².